The summed E-state index contributed by atoms with van der Waals surface area (Å²) >= 11 is 4.77. The fourth-order valence-electron chi connectivity index (χ4n) is 2.66. The highest BCUT2D eigenvalue weighted by Gasteiger charge is 2.34. The molecule has 2 N–H and O–H groups in total. The topological polar surface area (TPSA) is 67.4 Å². The number of hydrogen-bond donors (Lipinski definition) is 2. The second-order valence-electron chi connectivity index (χ2n) is 5.48. The molecule has 21 heavy (non-hydrogen) atoms. The smallest absolute Gasteiger partial charge is 0.241 e. The van der Waals surface area contributed by atoms with Crippen LogP contribution in [-0.4, -0.2) is 41.8 Å². The number of methoxy groups -OCH3 is 1. The summed E-state index contributed by atoms with van der Waals surface area (Å²) in [6.45, 7) is 4.60. The normalized spacial score (nSPS) is 18.8. The molecule has 0 aromatic carbocycles. The number of hydrogen-bond acceptors (Lipinski definition) is 5. The molecular formula is C13H21BrN2O3S2. The van der Waals surface area contributed by atoms with Crippen LogP contribution in [0.25, 0.3) is 0 Å². The molecule has 1 aliphatic heterocycles. The van der Waals surface area contributed by atoms with Crippen molar-refractivity contribution in [1.82, 2.24) is 10.0 Å². The highest BCUT2D eigenvalue weighted by atomic mass is 79.9. The SMILES string of the molecule is COCC1(CNS(=O)(=O)c2cc(Br)sc2C)CCNCC1. The van der Waals surface area contributed by atoms with Gasteiger partial charge in [-0.05, 0) is 54.9 Å². The second-order valence-corrected chi connectivity index (χ2v) is 9.85. The van der Waals surface area contributed by atoms with Crippen molar-refractivity contribution < 1.29 is 13.2 Å². The minimum absolute atomic E-state index is 0.117. The fourth-order valence-corrected chi connectivity index (χ4v) is 6.23. The van der Waals surface area contributed by atoms with Gasteiger partial charge < -0.3 is 10.1 Å². The number of halogens is 1. The maximum Gasteiger partial charge on any atom is 0.241 e. The highest BCUT2D eigenvalue weighted by Crippen LogP contribution is 2.31. The molecule has 1 aromatic rings. The second kappa shape index (κ2) is 7.06. The third-order valence-electron chi connectivity index (χ3n) is 3.88. The molecule has 0 atom stereocenters. The van der Waals surface area contributed by atoms with E-state index in [-0.39, 0.29) is 5.41 Å². The van der Waals surface area contributed by atoms with Crippen LogP contribution in [0.15, 0.2) is 14.7 Å². The summed E-state index contributed by atoms with van der Waals surface area (Å²) in [4.78, 5) is 1.15. The Morgan fingerprint density at radius 1 is 1.48 bits per heavy atom. The first-order chi connectivity index (χ1) is 9.88. The third kappa shape index (κ3) is 4.27. The van der Waals surface area contributed by atoms with E-state index in [2.05, 4.69) is 26.0 Å². The molecule has 0 bridgehead atoms. The number of ether oxygens (including phenoxy) is 1. The predicted molar refractivity (Wildman–Crippen MR) is 88.4 cm³/mol. The highest BCUT2D eigenvalue weighted by molar-refractivity contribution is 9.11. The number of piperidine rings is 1. The van der Waals surface area contributed by atoms with Gasteiger partial charge in [-0.2, -0.15) is 0 Å². The van der Waals surface area contributed by atoms with E-state index in [0.717, 1.165) is 34.6 Å². The zero-order valence-electron chi connectivity index (χ0n) is 12.2. The molecule has 0 amide bonds. The van der Waals surface area contributed by atoms with Crippen molar-refractivity contribution in [2.45, 2.75) is 24.7 Å². The molecule has 1 aliphatic rings. The van der Waals surface area contributed by atoms with E-state index in [1.165, 1.54) is 11.3 Å². The minimum atomic E-state index is -3.47. The van der Waals surface area contributed by atoms with Gasteiger partial charge in [0.2, 0.25) is 10.0 Å². The standard InChI is InChI=1S/C13H21BrN2O3S2/c1-10-11(7-12(14)20-10)21(17,18)16-8-13(9-19-2)3-5-15-6-4-13/h7,15-16H,3-6,8-9H2,1-2H3. The van der Waals surface area contributed by atoms with E-state index >= 15 is 0 Å². The van der Waals surface area contributed by atoms with Gasteiger partial charge in [-0.3, -0.25) is 0 Å². The summed E-state index contributed by atoms with van der Waals surface area (Å²) < 4.78 is 33.9. The largest absolute Gasteiger partial charge is 0.384 e. The molecule has 8 heteroatoms. The van der Waals surface area contributed by atoms with Crippen molar-refractivity contribution in [2.24, 2.45) is 5.41 Å². The molecule has 120 valence electrons. The van der Waals surface area contributed by atoms with Crippen LogP contribution in [-0.2, 0) is 14.8 Å². The lowest BCUT2D eigenvalue weighted by Crippen LogP contribution is -2.47. The summed E-state index contributed by atoms with van der Waals surface area (Å²) in [5.41, 5.74) is -0.117. The number of thiophene rings is 1. The lowest BCUT2D eigenvalue weighted by molar-refractivity contribution is 0.0577. The lowest BCUT2D eigenvalue weighted by Gasteiger charge is -2.37. The summed E-state index contributed by atoms with van der Waals surface area (Å²) in [6, 6.07) is 1.66. The Labute approximate surface area is 138 Å². The Morgan fingerprint density at radius 3 is 2.67 bits per heavy atom. The minimum Gasteiger partial charge on any atom is -0.384 e. The molecule has 1 saturated heterocycles. The van der Waals surface area contributed by atoms with Crippen molar-refractivity contribution in [3.05, 3.63) is 14.7 Å². The number of rotatable bonds is 6. The van der Waals surface area contributed by atoms with Gasteiger partial charge in [0, 0.05) is 23.9 Å². The van der Waals surface area contributed by atoms with Gasteiger partial charge in [0.05, 0.1) is 15.3 Å². The molecule has 0 unspecified atom stereocenters. The van der Waals surface area contributed by atoms with Gasteiger partial charge in [-0.1, -0.05) is 0 Å². The molecule has 0 saturated carbocycles. The maximum atomic E-state index is 12.5. The molecule has 1 fully saturated rings. The summed E-state index contributed by atoms with van der Waals surface area (Å²) in [7, 11) is -1.81. The first kappa shape index (κ1) is 17.4. The van der Waals surface area contributed by atoms with Crippen molar-refractivity contribution in [1.29, 1.82) is 0 Å². The summed E-state index contributed by atoms with van der Waals surface area (Å²) in [5, 5.41) is 3.30. The van der Waals surface area contributed by atoms with Crippen LogP contribution in [0.2, 0.25) is 0 Å². The Balaban J connectivity index is 2.11. The molecule has 5 nitrogen and oxygen atoms in total. The van der Waals surface area contributed by atoms with Crippen molar-refractivity contribution in [3.63, 3.8) is 0 Å². The van der Waals surface area contributed by atoms with Crippen LogP contribution >= 0.6 is 27.3 Å². The van der Waals surface area contributed by atoms with E-state index in [1.54, 1.807) is 13.2 Å². The number of nitrogens with one attached hydrogen (secondary N) is 2. The van der Waals surface area contributed by atoms with E-state index in [0.29, 0.717) is 18.0 Å². The molecule has 0 aliphatic carbocycles. The van der Waals surface area contributed by atoms with Gasteiger partial charge in [0.1, 0.15) is 0 Å². The van der Waals surface area contributed by atoms with Crippen LogP contribution in [0.3, 0.4) is 0 Å². The van der Waals surface area contributed by atoms with Crippen molar-refractivity contribution >= 4 is 37.3 Å². The zero-order chi connectivity index (χ0) is 15.5. The van der Waals surface area contributed by atoms with Crippen molar-refractivity contribution in [2.75, 3.05) is 33.4 Å². The van der Waals surface area contributed by atoms with Crippen LogP contribution in [0.4, 0.5) is 0 Å². The average Bonchev–Trinajstić information content (AvgIpc) is 2.78. The summed E-state index contributed by atoms with van der Waals surface area (Å²) in [5.74, 6) is 0. The van der Waals surface area contributed by atoms with Gasteiger partial charge in [0.25, 0.3) is 0 Å². The predicted octanol–water partition coefficient (Wildman–Crippen LogP) is 2.11. The van der Waals surface area contributed by atoms with Gasteiger partial charge in [0.15, 0.2) is 0 Å². The van der Waals surface area contributed by atoms with Crippen LogP contribution in [0.1, 0.15) is 17.7 Å². The molecule has 0 radical (unpaired) electrons. The Bertz CT molecular complexity index is 575. The van der Waals surface area contributed by atoms with Gasteiger partial charge in [-0.15, -0.1) is 11.3 Å². The quantitative estimate of drug-likeness (QED) is 0.772. The van der Waals surface area contributed by atoms with E-state index in [9.17, 15) is 8.42 Å². The maximum absolute atomic E-state index is 12.5. The van der Waals surface area contributed by atoms with E-state index in [1.807, 2.05) is 6.92 Å². The Kier molecular flexibility index (Phi) is 5.84. The fraction of sp³-hybridized carbons (Fsp3) is 0.692. The summed E-state index contributed by atoms with van der Waals surface area (Å²) in [6.07, 6.45) is 1.82. The molecular weight excluding hydrogens is 376 g/mol. The van der Waals surface area contributed by atoms with E-state index in [4.69, 9.17) is 4.74 Å². The first-order valence-corrected chi connectivity index (χ1v) is 9.93. The third-order valence-corrected chi connectivity index (χ3v) is 7.09. The van der Waals surface area contributed by atoms with Crippen LogP contribution in [0.5, 0.6) is 0 Å². The lowest BCUT2D eigenvalue weighted by atomic mass is 9.80. The van der Waals surface area contributed by atoms with Gasteiger partial charge >= 0.3 is 0 Å². The Morgan fingerprint density at radius 2 is 2.14 bits per heavy atom. The molecule has 2 heterocycles. The van der Waals surface area contributed by atoms with E-state index < -0.39 is 10.0 Å². The molecule has 0 spiro atoms. The first-order valence-electron chi connectivity index (χ1n) is 6.84. The number of sulfonamides is 1. The zero-order valence-corrected chi connectivity index (χ0v) is 15.5. The molecule has 1 aromatic heterocycles. The van der Waals surface area contributed by atoms with Crippen LogP contribution in [0, 0.1) is 12.3 Å². The van der Waals surface area contributed by atoms with Gasteiger partial charge in [-0.25, -0.2) is 13.1 Å². The van der Waals surface area contributed by atoms with Crippen molar-refractivity contribution in [3.8, 4) is 0 Å². The van der Waals surface area contributed by atoms with Crippen LogP contribution < -0.4 is 10.0 Å². The number of aryl methyl sites for hydroxylation is 1. The average molecular weight is 397 g/mol. The Hall–Kier alpha value is 0.01000. The monoisotopic (exact) mass is 396 g/mol. The molecule has 2 rings (SSSR count).